The number of carbonyl (C=O) groups excluding carboxylic acids is 1. The second kappa shape index (κ2) is 4.47. The third-order valence-electron chi connectivity index (χ3n) is 6.15. The van der Waals surface area contributed by atoms with Gasteiger partial charge in [-0.25, -0.2) is 0 Å². The average molecular weight is 262 g/mol. The molecule has 5 rings (SSSR count). The first-order valence-corrected chi connectivity index (χ1v) is 8.25. The summed E-state index contributed by atoms with van der Waals surface area (Å²) in [6, 6.07) is 0.384. The second-order valence-corrected chi connectivity index (χ2v) is 7.71. The molecule has 2 N–H and O–H groups in total. The lowest BCUT2D eigenvalue weighted by atomic mass is 9.49. The van der Waals surface area contributed by atoms with Crippen molar-refractivity contribution in [2.24, 2.45) is 23.2 Å². The van der Waals surface area contributed by atoms with E-state index in [2.05, 4.69) is 10.6 Å². The highest BCUT2D eigenvalue weighted by molar-refractivity contribution is 5.83. The summed E-state index contributed by atoms with van der Waals surface area (Å²) in [6.45, 7) is 2.09. The van der Waals surface area contributed by atoms with Gasteiger partial charge in [-0.15, -0.1) is 0 Å². The van der Waals surface area contributed by atoms with Crippen LogP contribution in [0.1, 0.15) is 51.4 Å². The third kappa shape index (κ3) is 2.10. The summed E-state index contributed by atoms with van der Waals surface area (Å²) in [5.41, 5.74) is 0.0339. The standard InChI is InChI=1S/C16H26N2O/c19-15(18-14-2-1-3-17-10-14)16-7-11-4-12(8-16)6-13(5-11)9-16/h11-14,17H,1-10H2,(H,18,19)/t11?,12?,13?,14-,16?/m1/s1. The van der Waals surface area contributed by atoms with Crippen LogP contribution in [-0.4, -0.2) is 25.0 Å². The van der Waals surface area contributed by atoms with Crippen LogP contribution in [0.4, 0.5) is 0 Å². The molecule has 1 aliphatic heterocycles. The van der Waals surface area contributed by atoms with Gasteiger partial charge in [0.25, 0.3) is 0 Å². The van der Waals surface area contributed by atoms with E-state index in [0.717, 1.165) is 37.3 Å². The predicted octanol–water partition coefficient (Wildman–Crippen LogP) is 2.07. The third-order valence-corrected chi connectivity index (χ3v) is 6.15. The maximum Gasteiger partial charge on any atom is 0.226 e. The number of nitrogens with one attached hydrogen (secondary N) is 2. The van der Waals surface area contributed by atoms with Gasteiger partial charge in [-0.1, -0.05) is 0 Å². The molecule has 0 aromatic heterocycles. The second-order valence-electron chi connectivity index (χ2n) is 7.71. The molecule has 5 aliphatic rings. The maximum atomic E-state index is 12.8. The highest BCUT2D eigenvalue weighted by Crippen LogP contribution is 2.60. The molecule has 0 aromatic rings. The Bertz CT molecular complexity index is 338. The van der Waals surface area contributed by atoms with Crippen LogP contribution in [-0.2, 0) is 4.79 Å². The minimum Gasteiger partial charge on any atom is -0.352 e. The fourth-order valence-corrected chi connectivity index (χ4v) is 5.70. The summed E-state index contributed by atoms with van der Waals surface area (Å²) in [4.78, 5) is 12.8. The normalized spacial score (nSPS) is 48.2. The van der Waals surface area contributed by atoms with Crippen LogP contribution in [0.15, 0.2) is 0 Å². The molecule has 3 nitrogen and oxygen atoms in total. The minimum atomic E-state index is 0.0339. The van der Waals surface area contributed by atoms with E-state index < -0.39 is 0 Å². The topological polar surface area (TPSA) is 41.1 Å². The Morgan fingerprint density at radius 1 is 1.05 bits per heavy atom. The van der Waals surface area contributed by atoms with Crippen molar-refractivity contribution in [1.82, 2.24) is 10.6 Å². The number of piperidine rings is 1. The smallest absolute Gasteiger partial charge is 0.226 e. The van der Waals surface area contributed by atoms with Gasteiger partial charge in [-0.05, 0) is 75.7 Å². The summed E-state index contributed by atoms with van der Waals surface area (Å²) in [7, 11) is 0. The Labute approximate surface area is 115 Å². The van der Waals surface area contributed by atoms with Gasteiger partial charge in [0.2, 0.25) is 5.91 Å². The largest absolute Gasteiger partial charge is 0.352 e. The lowest BCUT2D eigenvalue weighted by Gasteiger charge is -2.56. The van der Waals surface area contributed by atoms with Crippen molar-refractivity contribution in [2.75, 3.05) is 13.1 Å². The average Bonchev–Trinajstić information content (AvgIpc) is 2.38. The number of hydrogen-bond acceptors (Lipinski definition) is 2. The minimum absolute atomic E-state index is 0.0339. The Balaban J connectivity index is 1.47. The zero-order valence-corrected chi connectivity index (χ0v) is 11.8. The summed E-state index contributed by atoms with van der Waals surface area (Å²) in [6.07, 6.45) is 10.2. The first kappa shape index (κ1) is 12.2. The van der Waals surface area contributed by atoms with Crippen LogP contribution in [0.3, 0.4) is 0 Å². The molecule has 4 bridgehead atoms. The summed E-state index contributed by atoms with van der Waals surface area (Å²) in [5.74, 6) is 2.99. The van der Waals surface area contributed by atoms with Crippen molar-refractivity contribution in [3.05, 3.63) is 0 Å². The molecule has 0 radical (unpaired) electrons. The van der Waals surface area contributed by atoms with Gasteiger partial charge in [0, 0.05) is 18.0 Å². The van der Waals surface area contributed by atoms with Crippen molar-refractivity contribution >= 4 is 5.91 Å². The molecular formula is C16H26N2O. The number of rotatable bonds is 2. The lowest BCUT2D eigenvalue weighted by Crippen LogP contribution is -2.57. The molecule has 4 aliphatic carbocycles. The highest BCUT2D eigenvalue weighted by Gasteiger charge is 2.54. The van der Waals surface area contributed by atoms with Gasteiger partial charge >= 0.3 is 0 Å². The quantitative estimate of drug-likeness (QED) is 0.800. The number of hydrogen-bond donors (Lipinski definition) is 2. The molecule has 3 heteroatoms. The predicted molar refractivity (Wildman–Crippen MR) is 74.6 cm³/mol. The van der Waals surface area contributed by atoms with Crippen LogP contribution >= 0.6 is 0 Å². The first-order chi connectivity index (χ1) is 9.23. The molecule has 0 unspecified atom stereocenters. The van der Waals surface area contributed by atoms with Crippen LogP contribution in [0, 0.1) is 23.2 Å². The van der Waals surface area contributed by atoms with E-state index in [9.17, 15) is 4.79 Å². The Morgan fingerprint density at radius 2 is 1.68 bits per heavy atom. The number of amides is 1. The highest BCUT2D eigenvalue weighted by atomic mass is 16.2. The molecule has 4 saturated carbocycles. The molecule has 106 valence electrons. The van der Waals surface area contributed by atoms with Gasteiger partial charge in [0.1, 0.15) is 0 Å². The van der Waals surface area contributed by atoms with Gasteiger partial charge in [-0.3, -0.25) is 4.79 Å². The summed E-state index contributed by atoms with van der Waals surface area (Å²) < 4.78 is 0. The lowest BCUT2D eigenvalue weighted by molar-refractivity contribution is -0.147. The summed E-state index contributed by atoms with van der Waals surface area (Å²) in [5, 5.41) is 6.77. The Hall–Kier alpha value is -0.570. The monoisotopic (exact) mass is 262 g/mol. The molecular weight excluding hydrogens is 236 g/mol. The van der Waals surface area contributed by atoms with Crippen molar-refractivity contribution in [3.8, 4) is 0 Å². The number of carbonyl (C=O) groups is 1. The van der Waals surface area contributed by atoms with Crippen LogP contribution < -0.4 is 10.6 Å². The van der Waals surface area contributed by atoms with Crippen molar-refractivity contribution in [3.63, 3.8) is 0 Å². The molecule has 1 atom stereocenters. The van der Waals surface area contributed by atoms with Crippen molar-refractivity contribution in [2.45, 2.75) is 57.4 Å². The molecule has 5 fully saturated rings. The van der Waals surface area contributed by atoms with Gasteiger partial charge in [0.05, 0.1) is 0 Å². The zero-order valence-electron chi connectivity index (χ0n) is 11.8. The van der Waals surface area contributed by atoms with Gasteiger partial charge < -0.3 is 10.6 Å². The molecule has 1 saturated heterocycles. The van der Waals surface area contributed by atoms with E-state index in [1.165, 1.54) is 44.9 Å². The molecule has 1 heterocycles. The van der Waals surface area contributed by atoms with E-state index >= 15 is 0 Å². The van der Waals surface area contributed by atoms with Crippen molar-refractivity contribution in [1.29, 1.82) is 0 Å². The van der Waals surface area contributed by atoms with E-state index in [1.807, 2.05) is 0 Å². The molecule has 1 amide bonds. The fraction of sp³-hybridized carbons (Fsp3) is 0.938. The van der Waals surface area contributed by atoms with Crippen LogP contribution in [0.2, 0.25) is 0 Å². The van der Waals surface area contributed by atoms with E-state index in [-0.39, 0.29) is 5.41 Å². The SMILES string of the molecule is O=C(N[C@@H]1CCCNC1)C12CC3CC(CC(C3)C1)C2. The van der Waals surface area contributed by atoms with E-state index in [4.69, 9.17) is 0 Å². The van der Waals surface area contributed by atoms with E-state index in [0.29, 0.717) is 11.9 Å². The van der Waals surface area contributed by atoms with Gasteiger partial charge in [-0.2, -0.15) is 0 Å². The summed E-state index contributed by atoms with van der Waals surface area (Å²) >= 11 is 0. The first-order valence-electron chi connectivity index (χ1n) is 8.25. The molecule has 0 spiro atoms. The fourth-order valence-electron chi connectivity index (χ4n) is 5.70. The van der Waals surface area contributed by atoms with E-state index in [1.54, 1.807) is 0 Å². The maximum absolute atomic E-state index is 12.8. The zero-order chi connectivity index (χ0) is 12.9. The molecule has 19 heavy (non-hydrogen) atoms. The van der Waals surface area contributed by atoms with Crippen molar-refractivity contribution < 1.29 is 4.79 Å². The Kier molecular flexibility index (Phi) is 2.87. The molecule has 0 aromatic carbocycles. The Morgan fingerprint density at radius 3 is 2.21 bits per heavy atom. The van der Waals surface area contributed by atoms with Gasteiger partial charge in [0.15, 0.2) is 0 Å². The van der Waals surface area contributed by atoms with Crippen LogP contribution in [0.25, 0.3) is 0 Å². The van der Waals surface area contributed by atoms with Crippen LogP contribution in [0.5, 0.6) is 0 Å².